The van der Waals surface area contributed by atoms with E-state index in [4.69, 9.17) is 26.4 Å². The van der Waals surface area contributed by atoms with Crippen LogP contribution in [0.25, 0.3) is 0 Å². The Balaban J connectivity index is 2.16. The minimum Gasteiger partial charge on any atom is -0.489 e. The van der Waals surface area contributed by atoms with Gasteiger partial charge in [-0.15, -0.1) is 0 Å². The van der Waals surface area contributed by atoms with E-state index in [-0.39, 0.29) is 22.8 Å². The lowest BCUT2D eigenvalue weighted by molar-refractivity contribution is 0.305. The van der Waals surface area contributed by atoms with Crippen molar-refractivity contribution in [2.75, 3.05) is 0 Å². The van der Waals surface area contributed by atoms with Crippen molar-refractivity contribution in [2.45, 2.75) is 6.61 Å². The monoisotopic (exact) mass is 298 g/mol. The van der Waals surface area contributed by atoms with Gasteiger partial charge in [-0.05, 0) is 35.9 Å². The summed E-state index contributed by atoms with van der Waals surface area (Å²) >= 11 is 5.56. The van der Waals surface area contributed by atoms with E-state index in [2.05, 4.69) is 0 Å². The van der Waals surface area contributed by atoms with Gasteiger partial charge in [-0.3, -0.25) is 0 Å². The molecular formula is C13H10BClF2O3. The SMILES string of the molecule is OB(O)c1cc(F)ccc1OCc1ccc(Cl)c(F)c1. The van der Waals surface area contributed by atoms with Crippen LogP contribution in [0.15, 0.2) is 36.4 Å². The summed E-state index contributed by atoms with van der Waals surface area (Å²) in [6, 6.07) is 7.54. The molecule has 0 fully saturated rings. The maximum Gasteiger partial charge on any atom is 0.492 e. The molecule has 0 aromatic heterocycles. The molecule has 0 aliphatic carbocycles. The zero-order valence-corrected chi connectivity index (χ0v) is 10.9. The Labute approximate surface area is 119 Å². The lowest BCUT2D eigenvalue weighted by atomic mass is 9.79. The van der Waals surface area contributed by atoms with Crippen LogP contribution in [-0.4, -0.2) is 17.2 Å². The Hall–Kier alpha value is -1.63. The highest BCUT2D eigenvalue weighted by molar-refractivity contribution is 6.59. The topological polar surface area (TPSA) is 49.7 Å². The second kappa shape index (κ2) is 6.22. The lowest BCUT2D eigenvalue weighted by Crippen LogP contribution is -2.31. The summed E-state index contributed by atoms with van der Waals surface area (Å²) < 4.78 is 31.6. The summed E-state index contributed by atoms with van der Waals surface area (Å²) in [6.07, 6.45) is 0. The van der Waals surface area contributed by atoms with Gasteiger partial charge in [0.1, 0.15) is 24.0 Å². The molecule has 0 amide bonds. The van der Waals surface area contributed by atoms with Crippen molar-refractivity contribution in [1.82, 2.24) is 0 Å². The molecule has 7 heteroatoms. The molecule has 2 rings (SSSR count). The Morgan fingerprint density at radius 1 is 1.10 bits per heavy atom. The van der Waals surface area contributed by atoms with E-state index in [0.29, 0.717) is 5.56 Å². The van der Waals surface area contributed by atoms with E-state index < -0.39 is 18.8 Å². The first-order valence-electron chi connectivity index (χ1n) is 5.69. The van der Waals surface area contributed by atoms with Crippen molar-refractivity contribution in [3.63, 3.8) is 0 Å². The van der Waals surface area contributed by atoms with Crippen molar-refractivity contribution in [3.05, 3.63) is 58.6 Å². The summed E-state index contributed by atoms with van der Waals surface area (Å²) in [7, 11) is -1.86. The third-order valence-corrected chi connectivity index (χ3v) is 2.93. The van der Waals surface area contributed by atoms with Gasteiger partial charge in [0, 0.05) is 5.46 Å². The molecule has 104 valence electrons. The Morgan fingerprint density at radius 2 is 1.85 bits per heavy atom. The molecule has 20 heavy (non-hydrogen) atoms. The fourth-order valence-corrected chi connectivity index (χ4v) is 1.76. The predicted molar refractivity (Wildman–Crippen MR) is 72.0 cm³/mol. The van der Waals surface area contributed by atoms with Crippen LogP contribution < -0.4 is 10.2 Å². The highest BCUT2D eigenvalue weighted by Crippen LogP contribution is 2.17. The standard InChI is InChI=1S/C13H10BClF2O3/c15-11-3-1-8(5-12(11)17)7-20-13-4-2-9(16)6-10(13)14(18)19/h1-6,18-19H,7H2. The minimum atomic E-state index is -1.86. The molecular weight excluding hydrogens is 288 g/mol. The Morgan fingerprint density at radius 3 is 2.50 bits per heavy atom. The number of rotatable bonds is 4. The van der Waals surface area contributed by atoms with Gasteiger partial charge in [0.2, 0.25) is 0 Å². The molecule has 0 aliphatic rings. The molecule has 0 spiro atoms. The smallest absolute Gasteiger partial charge is 0.489 e. The second-order valence-electron chi connectivity index (χ2n) is 4.09. The Bertz CT molecular complexity index is 623. The van der Waals surface area contributed by atoms with Crippen LogP contribution in [0.2, 0.25) is 5.02 Å². The van der Waals surface area contributed by atoms with Crippen LogP contribution in [0, 0.1) is 11.6 Å². The first kappa shape index (κ1) is 14.8. The van der Waals surface area contributed by atoms with Gasteiger partial charge < -0.3 is 14.8 Å². The predicted octanol–water partition coefficient (Wildman–Crippen LogP) is 1.88. The van der Waals surface area contributed by atoms with Crippen molar-refractivity contribution >= 4 is 24.2 Å². The average Bonchev–Trinajstić information content (AvgIpc) is 2.41. The summed E-state index contributed by atoms with van der Waals surface area (Å²) in [5, 5.41) is 18.3. The summed E-state index contributed by atoms with van der Waals surface area (Å²) in [4.78, 5) is 0. The molecule has 2 N–H and O–H groups in total. The summed E-state index contributed by atoms with van der Waals surface area (Å²) in [5.41, 5.74) is 0.411. The van der Waals surface area contributed by atoms with Gasteiger partial charge in [0.25, 0.3) is 0 Å². The lowest BCUT2D eigenvalue weighted by Gasteiger charge is -2.11. The molecule has 0 bridgehead atoms. The Kier molecular flexibility index (Phi) is 4.59. The van der Waals surface area contributed by atoms with E-state index in [0.717, 1.165) is 12.1 Å². The highest BCUT2D eigenvalue weighted by Gasteiger charge is 2.18. The molecule has 3 nitrogen and oxygen atoms in total. The number of halogens is 3. The van der Waals surface area contributed by atoms with Gasteiger partial charge in [0.15, 0.2) is 0 Å². The second-order valence-corrected chi connectivity index (χ2v) is 4.50. The fraction of sp³-hybridized carbons (Fsp3) is 0.0769. The van der Waals surface area contributed by atoms with Crippen LogP contribution in [0.5, 0.6) is 5.75 Å². The summed E-state index contributed by atoms with van der Waals surface area (Å²) in [6.45, 7) is -0.0144. The van der Waals surface area contributed by atoms with Crippen molar-refractivity contribution < 1.29 is 23.6 Å². The van der Waals surface area contributed by atoms with Crippen molar-refractivity contribution in [1.29, 1.82) is 0 Å². The molecule has 0 saturated heterocycles. The highest BCUT2D eigenvalue weighted by atomic mass is 35.5. The molecule has 0 heterocycles. The van der Waals surface area contributed by atoms with E-state index in [9.17, 15) is 8.78 Å². The normalized spacial score (nSPS) is 10.4. The van der Waals surface area contributed by atoms with Gasteiger partial charge in [-0.1, -0.05) is 17.7 Å². The van der Waals surface area contributed by atoms with Gasteiger partial charge in [-0.25, -0.2) is 8.78 Å². The van der Waals surface area contributed by atoms with E-state index >= 15 is 0 Å². The van der Waals surface area contributed by atoms with Crippen molar-refractivity contribution in [2.24, 2.45) is 0 Å². The van der Waals surface area contributed by atoms with E-state index in [1.54, 1.807) is 6.07 Å². The number of benzene rings is 2. The van der Waals surface area contributed by atoms with Crippen LogP contribution in [0.1, 0.15) is 5.56 Å². The van der Waals surface area contributed by atoms with Crippen LogP contribution in [-0.2, 0) is 6.61 Å². The maximum atomic E-state index is 13.2. The van der Waals surface area contributed by atoms with Gasteiger partial charge in [0.05, 0.1) is 5.02 Å². The van der Waals surface area contributed by atoms with Crippen LogP contribution in [0.4, 0.5) is 8.78 Å². The third-order valence-electron chi connectivity index (χ3n) is 2.63. The number of ether oxygens (including phenoxy) is 1. The van der Waals surface area contributed by atoms with Crippen LogP contribution in [0.3, 0.4) is 0 Å². The van der Waals surface area contributed by atoms with E-state index in [1.807, 2.05) is 0 Å². The fourth-order valence-electron chi connectivity index (χ4n) is 1.64. The largest absolute Gasteiger partial charge is 0.492 e. The zero-order chi connectivity index (χ0) is 14.7. The van der Waals surface area contributed by atoms with Crippen molar-refractivity contribution in [3.8, 4) is 5.75 Å². The molecule has 0 atom stereocenters. The maximum absolute atomic E-state index is 13.2. The first-order valence-corrected chi connectivity index (χ1v) is 6.07. The van der Waals surface area contributed by atoms with E-state index in [1.165, 1.54) is 18.2 Å². The molecule has 0 aliphatic heterocycles. The molecule has 0 radical (unpaired) electrons. The molecule has 0 unspecified atom stereocenters. The first-order chi connectivity index (χ1) is 9.47. The zero-order valence-electron chi connectivity index (χ0n) is 10.2. The quantitative estimate of drug-likeness (QED) is 0.847. The molecule has 0 saturated carbocycles. The average molecular weight is 298 g/mol. The number of hydrogen-bond acceptors (Lipinski definition) is 3. The minimum absolute atomic E-state index is 0.00185. The van der Waals surface area contributed by atoms with Gasteiger partial charge in [-0.2, -0.15) is 0 Å². The van der Waals surface area contributed by atoms with Crippen LogP contribution >= 0.6 is 11.6 Å². The number of hydrogen-bond donors (Lipinski definition) is 2. The summed E-state index contributed by atoms with van der Waals surface area (Å²) in [5.74, 6) is -1.08. The van der Waals surface area contributed by atoms with Gasteiger partial charge >= 0.3 is 7.12 Å². The molecule has 2 aromatic rings. The molecule has 2 aromatic carbocycles. The third kappa shape index (κ3) is 3.48.